The van der Waals surface area contributed by atoms with Crippen LogP contribution in [-0.2, 0) is 0 Å². The molecule has 0 fully saturated rings. The molecule has 1 heterocycles. The topological polar surface area (TPSA) is 46.3 Å². The van der Waals surface area contributed by atoms with E-state index in [1.54, 1.807) is 19.1 Å². The van der Waals surface area contributed by atoms with E-state index in [9.17, 15) is 9.50 Å². The number of halogens is 1. The van der Waals surface area contributed by atoms with Gasteiger partial charge in [0.25, 0.3) is 5.22 Å². The lowest BCUT2D eigenvalue weighted by atomic mass is 10.1. The number of hydrogen-bond donors (Lipinski definition) is 1. The van der Waals surface area contributed by atoms with E-state index in [-0.39, 0.29) is 5.82 Å². The molecule has 1 aromatic carbocycles. The number of aliphatic hydroxyl groups is 1. The average Bonchev–Trinajstić information content (AvgIpc) is 2.73. The molecule has 0 radical (unpaired) electrons. The average molecular weight is 239 g/mol. The van der Waals surface area contributed by atoms with Crippen LogP contribution in [0, 0.1) is 5.82 Å². The molecule has 16 heavy (non-hydrogen) atoms. The van der Waals surface area contributed by atoms with E-state index in [1.807, 2.05) is 0 Å². The molecule has 0 spiro atoms. The normalized spacial score (nSPS) is 12.7. The molecule has 5 heteroatoms. The van der Waals surface area contributed by atoms with Crippen molar-refractivity contribution in [2.75, 3.05) is 0 Å². The largest absolute Gasteiger partial charge is 0.440 e. The van der Waals surface area contributed by atoms with Gasteiger partial charge in [-0.2, -0.15) is 0 Å². The molecule has 0 saturated heterocycles. The summed E-state index contributed by atoms with van der Waals surface area (Å²) in [5.41, 5.74) is 0.531. The first-order valence-electron chi connectivity index (χ1n) is 4.72. The van der Waals surface area contributed by atoms with Crippen LogP contribution in [0.1, 0.15) is 18.6 Å². The van der Waals surface area contributed by atoms with Gasteiger partial charge in [0.2, 0.25) is 0 Å². The van der Waals surface area contributed by atoms with Gasteiger partial charge in [-0.1, -0.05) is 12.1 Å². The number of nitrogens with zero attached hydrogens (tertiary/aromatic N) is 1. The van der Waals surface area contributed by atoms with Gasteiger partial charge in [0, 0.05) is 0 Å². The van der Waals surface area contributed by atoms with Gasteiger partial charge < -0.3 is 9.52 Å². The number of oxazole rings is 1. The Bertz CT molecular complexity index is 471. The Kier molecular flexibility index (Phi) is 3.26. The second kappa shape index (κ2) is 4.67. The summed E-state index contributed by atoms with van der Waals surface area (Å²) >= 11 is 1.06. The summed E-state index contributed by atoms with van der Waals surface area (Å²) in [6, 6.07) is 4.59. The van der Waals surface area contributed by atoms with Crippen LogP contribution in [-0.4, -0.2) is 10.1 Å². The van der Waals surface area contributed by atoms with Crippen LogP contribution in [0.25, 0.3) is 0 Å². The van der Waals surface area contributed by atoms with Crippen molar-refractivity contribution in [3.8, 4) is 0 Å². The van der Waals surface area contributed by atoms with Crippen molar-refractivity contribution >= 4 is 11.8 Å². The summed E-state index contributed by atoms with van der Waals surface area (Å²) in [5.74, 6) is -0.387. The summed E-state index contributed by atoms with van der Waals surface area (Å²) in [4.78, 5) is 4.25. The molecule has 0 amide bonds. The molecular formula is C11H10FNO2S. The van der Waals surface area contributed by atoms with Gasteiger partial charge >= 0.3 is 0 Å². The van der Waals surface area contributed by atoms with E-state index in [0.29, 0.717) is 15.7 Å². The SMILES string of the molecule is C[C@H](O)c1cccc(F)c1Sc1ncco1. The van der Waals surface area contributed by atoms with Crippen molar-refractivity contribution in [3.63, 3.8) is 0 Å². The lowest BCUT2D eigenvalue weighted by molar-refractivity contribution is 0.195. The van der Waals surface area contributed by atoms with E-state index >= 15 is 0 Å². The summed E-state index contributed by atoms with van der Waals surface area (Å²) in [6.45, 7) is 1.59. The third-order valence-corrected chi connectivity index (χ3v) is 3.06. The van der Waals surface area contributed by atoms with Crippen molar-refractivity contribution < 1.29 is 13.9 Å². The minimum absolute atomic E-state index is 0.347. The van der Waals surface area contributed by atoms with Crippen molar-refractivity contribution in [2.24, 2.45) is 0 Å². The molecule has 0 aliphatic rings. The maximum Gasteiger partial charge on any atom is 0.260 e. The Morgan fingerprint density at radius 2 is 2.31 bits per heavy atom. The number of hydrogen-bond acceptors (Lipinski definition) is 4. The molecule has 84 valence electrons. The fourth-order valence-electron chi connectivity index (χ4n) is 1.31. The third kappa shape index (κ3) is 2.25. The molecule has 1 N–H and O–H groups in total. The minimum atomic E-state index is -0.729. The molecule has 2 aromatic rings. The number of aliphatic hydroxyl groups excluding tert-OH is 1. The quantitative estimate of drug-likeness (QED) is 0.894. The molecule has 0 unspecified atom stereocenters. The second-order valence-electron chi connectivity index (χ2n) is 3.23. The van der Waals surface area contributed by atoms with E-state index in [2.05, 4.69) is 4.98 Å². The molecule has 2 rings (SSSR count). The first-order chi connectivity index (χ1) is 7.68. The van der Waals surface area contributed by atoms with Gasteiger partial charge in [0.15, 0.2) is 0 Å². The third-order valence-electron chi connectivity index (χ3n) is 2.05. The Morgan fingerprint density at radius 3 is 2.94 bits per heavy atom. The van der Waals surface area contributed by atoms with Crippen LogP contribution in [0.3, 0.4) is 0 Å². The highest BCUT2D eigenvalue weighted by Gasteiger charge is 2.15. The van der Waals surface area contributed by atoms with Crippen LogP contribution in [0.2, 0.25) is 0 Å². The van der Waals surface area contributed by atoms with Crippen molar-refractivity contribution in [3.05, 3.63) is 42.0 Å². The first-order valence-corrected chi connectivity index (χ1v) is 5.54. The van der Waals surface area contributed by atoms with Gasteiger partial charge in [0.05, 0.1) is 17.2 Å². The molecule has 3 nitrogen and oxygen atoms in total. The van der Waals surface area contributed by atoms with Crippen molar-refractivity contribution in [1.29, 1.82) is 0 Å². The number of aromatic nitrogens is 1. The smallest absolute Gasteiger partial charge is 0.260 e. The Morgan fingerprint density at radius 1 is 1.50 bits per heavy atom. The molecule has 0 aliphatic carbocycles. The van der Waals surface area contributed by atoms with Crippen molar-refractivity contribution in [1.82, 2.24) is 4.98 Å². The monoisotopic (exact) mass is 239 g/mol. The highest BCUT2D eigenvalue weighted by molar-refractivity contribution is 7.99. The lowest BCUT2D eigenvalue weighted by Gasteiger charge is -2.10. The summed E-state index contributed by atoms with van der Waals surface area (Å²) < 4.78 is 18.6. The van der Waals surface area contributed by atoms with Gasteiger partial charge in [-0.3, -0.25) is 0 Å². The maximum absolute atomic E-state index is 13.6. The van der Waals surface area contributed by atoms with Gasteiger partial charge in [-0.15, -0.1) is 0 Å². The van der Waals surface area contributed by atoms with Crippen LogP contribution in [0.4, 0.5) is 4.39 Å². The van der Waals surface area contributed by atoms with Crippen LogP contribution >= 0.6 is 11.8 Å². The molecule has 0 bridgehead atoms. The molecule has 1 atom stereocenters. The maximum atomic E-state index is 13.6. The summed E-state index contributed by atoms with van der Waals surface area (Å²) in [5, 5.41) is 9.88. The fourth-order valence-corrected chi connectivity index (χ4v) is 2.22. The summed E-state index contributed by atoms with van der Waals surface area (Å²) in [6.07, 6.45) is 2.18. The lowest BCUT2D eigenvalue weighted by Crippen LogP contribution is -1.96. The van der Waals surface area contributed by atoms with E-state index < -0.39 is 6.10 Å². The van der Waals surface area contributed by atoms with Crippen LogP contribution in [0.15, 0.2) is 45.2 Å². The Labute approximate surface area is 96.3 Å². The van der Waals surface area contributed by atoms with Gasteiger partial charge in [-0.25, -0.2) is 9.37 Å². The van der Waals surface area contributed by atoms with Crippen molar-refractivity contribution in [2.45, 2.75) is 23.1 Å². The predicted molar refractivity (Wildman–Crippen MR) is 57.7 cm³/mol. The number of rotatable bonds is 3. The fraction of sp³-hybridized carbons (Fsp3) is 0.182. The predicted octanol–water partition coefficient (Wildman–Crippen LogP) is 3.02. The second-order valence-corrected chi connectivity index (χ2v) is 4.20. The van der Waals surface area contributed by atoms with E-state index in [1.165, 1.54) is 18.5 Å². The molecule has 1 aromatic heterocycles. The summed E-state index contributed by atoms with van der Waals surface area (Å²) in [7, 11) is 0. The Hall–Kier alpha value is -1.33. The Balaban J connectivity index is 2.38. The minimum Gasteiger partial charge on any atom is -0.440 e. The van der Waals surface area contributed by atoms with Crippen LogP contribution in [0.5, 0.6) is 0 Å². The van der Waals surface area contributed by atoms with E-state index in [0.717, 1.165) is 11.8 Å². The molecular weight excluding hydrogens is 229 g/mol. The molecule has 0 aliphatic heterocycles. The zero-order valence-corrected chi connectivity index (χ0v) is 9.37. The van der Waals surface area contributed by atoms with Gasteiger partial charge in [0.1, 0.15) is 12.1 Å². The zero-order valence-electron chi connectivity index (χ0n) is 8.55. The molecule has 0 saturated carbocycles. The standard InChI is InChI=1S/C11H10FNO2S/c1-7(14)8-3-2-4-9(12)10(8)16-11-13-5-6-15-11/h2-7,14H,1H3/t7-/m0/s1. The highest BCUT2D eigenvalue weighted by Crippen LogP contribution is 2.34. The first kappa shape index (κ1) is 11.2. The van der Waals surface area contributed by atoms with Gasteiger partial charge in [-0.05, 0) is 30.3 Å². The van der Waals surface area contributed by atoms with Crippen LogP contribution < -0.4 is 0 Å². The van der Waals surface area contributed by atoms with E-state index in [4.69, 9.17) is 4.42 Å². The highest BCUT2D eigenvalue weighted by atomic mass is 32.2. The zero-order chi connectivity index (χ0) is 11.5. The number of benzene rings is 1.